The second kappa shape index (κ2) is 3.94. The maximum Gasteiger partial charge on any atom is 0.0584 e. The van der Waals surface area contributed by atoms with E-state index in [0.29, 0.717) is 12.6 Å². The highest BCUT2D eigenvalue weighted by Crippen LogP contribution is 2.15. The Hall–Kier alpha value is -0.0800. The van der Waals surface area contributed by atoms with Crippen LogP contribution in [0.5, 0.6) is 0 Å². The maximum absolute atomic E-state index is 8.87. The van der Waals surface area contributed by atoms with Crippen molar-refractivity contribution in [2.24, 2.45) is 5.92 Å². The van der Waals surface area contributed by atoms with E-state index in [1.54, 1.807) is 0 Å². The van der Waals surface area contributed by atoms with Gasteiger partial charge in [-0.3, -0.25) is 0 Å². The Labute approximate surface area is 62.6 Å². The van der Waals surface area contributed by atoms with Crippen molar-refractivity contribution in [3.8, 4) is 0 Å². The van der Waals surface area contributed by atoms with Gasteiger partial charge in [-0.1, -0.05) is 6.92 Å². The van der Waals surface area contributed by atoms with Crippen molar-refractivity contribution in [2.45, 2.75) is 32.2 Å². The highest BCUT2D eigenvalue weighted by Gasteiger charge is 2.14. The normalized spacial score (nSPS) is 35.4. The highest BCUT2D eigenvalue weighted by atomic mass is 16.3. The Morgan fingerprint density at radius 1 is 1.60 bits per heavy atom. The predicted octanol–water partition coefficient (Wildman–Crippen LogP) is 0.757. The van der Waals surface area contributed by atoms with Gasteiger partial charge in [-0.05, 0) is 31.7 Å². The zero-order valence-corrected chi connectivity index (χ0v) is 6.64. The zero-order valence-electron chi connectivity index (χ0n) is 6.64. The maximum atomic E-state index is 8.87. The second-order valence-electron chi connectivity index (χ2n) is 3.32. The van der Waals surface area contributed by atoms with Gasteiger partial charge >= 0.3 is 0 Å². The molecule has 2 unspecified atom stereocenters. The van der Waals surface area contributed by atoms with Crippen molar-refractivity contribution in [2.75, 3.05) is 13.2 Å². The van der Waals surface area contributed by atoms with Gasteiger partial charge in [-0.15, -0.1) is 0 Å². The van der Waals surface area contributed by atoms with Gasteiger partial charge in [0.2, 0.25) is 0 Å². The lowest BCUT2D eigenvalue weighted by molar-refractivity contribution is 0.231. The zero-order chi connectivity index (χ0) is 7.40. The third-order valence-electron chi connectivity index (χ3n) is 2.21. The summed E-state index contributed by atoms with van der Waals surface area (Å²) in [6.45, 7) is 3.63. The molecule has 0 saturated carbocycles. The van der Waals surface area contributed by atoms with Crippen molar-refractivity contribution in [3.63, 3.8) is 0 Å². The summed E-state index contributed by atoms with van der Waals surface area (Å²) in [4.78, 5) is 0. The van der Waals surface area contributed by atoms with E-state index < -0.39 is 0 Å². The highest BCUT2D eigenvalue weighted by molar-refractivity contribution is 4.72. The summed E-state index contributed by atoms with van der Waals surface area (Å²) in [7, 11) is 0. The summed E-state index contributed by atoms with van der Waals surface area (Å²) in [5.41, 5.74) is 0. The molecule has 1 heterocycles. The van der Waals surface area contributed by atoms with Gasteiger partial charge in [0.1, 0.15) is 0 Å². The molecule has 2 nitrogen and oxygen atoms in total. The topological polar surface area (TPSA) is 32.3 Å². The first kappa shape index (κ1) is 8.02. The van der Waals surface area contributed by atoms with Crippen LogP contribution in [0.3, 0.4) is 0 Å². The fourth-order valence-corrected chi connectivity index (χ4v) is 1.58. The molecule has 0 aromatic rings. The van der Waals surface area contributed by atoms with Crippen LogP contribution in [0.15, 0.2) is 0 Å². The third kappa shape index (κ3) is 2.27. The van der Waals surface area contributed by atoms with E-state index in [-0.39, 0.29) is 0 Å². The Morgan fingerprint density at radius 3 is 3.10 bits per heavy atom. The summed E-state index contributed by atoms with van der Waals surface area (Å²) in [6.07, 6.45) is 3.71. The number of aliphatic hydroxyl groups is 1. The molecule has 0 aromatic carbocycles. The second-order valence-corrected chi connectivity index (χ2v) is 3.32. The molecule has 0 amide bonds. The predicted molar refractivity (Wildman–Crippen MR) is 41.9 cm³/mol. The molecule has 2 N–H and O–H groups in total. The van der Waals surface area contributed by atoms with Crippen LogP contribution in [-0.2, 0) is 0 Å². The summed E-state index contributed by atoms with van der Waals surface area (Å²) in [5.74, 6) is 0.784. The minimum Gasteiger partial charge on any atom is -0.395 e. The lowest BCUT2D eigenvalue weighted by Crippen LogP contribution is -2.32. The monoisotopic (exact) mass is 143 g/mol. The number of aliphatic hydroxyl groups excluding tert-OH is 1. The lowest BCUT2D eigenvalue weighted by Gasteiger charge is -2.14. The molecule has 1 aliphatic rings. The molecule has 2 atom stereocenters. The molecule has 1 saturated heterocycles. The third-order valence-corrected chi connectivity index (χ3v) is 2.21. The van der Waals surface area contributed by atoms with E-state index in [1.807, 2.05) is 0 Å². The van der Waals surface area contributed by atoms with Crippen LogP contribution in [-0.4, -0.2) is 24.3 Å². The Bertz CT molecular complexity index is 95.3. The van der Waals surface area contributed by atoms with E-state index in [2.05, 4.69) is 12.2 Å². The van der Waals surface area contributed by atoms with Crippen molar-refractivity contribution in [3.05, 3.63) is 0 Å². The van der Waals surface area contributed by atoms with E-state index >= 15 is 0 Å². The first-order valence-corrected chi connectivity index (χ1v) is 4.17. The van der Waals surface area contributed by atoms with Gasteiger partial charge in [0.05, 0.1) is 6.61 Å². The molecule has 0 aromatic heterocycles. The quantitative estimate of drug-likeness (QED) is 0.568. The van der Waals surface area contributed by atoms with Gasteiger partial charge in [0.15, 0.2) is 0 Å². The molecule has 10 heavy (non-hydrogen) atoms. The van der Waals surface area contributed by atoms with E-state index in [4.69, 9.17) is 5.11 Å². The minimum atomic E-state index is 0.296. The van der Waals surface area contributed by atoms with Crippen molar-refractivity contribution >= 4 is 0 Å². The molecule has 0 spiro atoms. The number of hydrogen-bond donors (Lipinski definition) is 2. The van der Waals surface area contributed by atoms with Crippen LogP contribution in [0.4, 0.5) is 0 Å². The fourth-order valence-electron chi connectivity index (χ4n) is 1.58. The van der Waals surface area contributed by atoms with Gasteiger partial charge < -0.3 is 10.4 Å². The number of rotatable bonds is 1. The SMILES string of the molecule is CC1CCCNC(CO)C1. The molecule has 1 fully saturated rings. The average Bonchev–Trinajstić information content (AvgIpc) is 2.13. The summed E-state index contributed by atoms with van der Waals surface area (Å²) in [5, 5.41) is 12.2. The van der Waals surface area contributed by atoms with Crippen LogP contribution in [0.25, 0.3) is 0 Å². The Balaban J connectivity index is 2.30. The van der Waals surface area contributed by atoms with Gasteiger partial charge in [-0.2, -0.15) is 0 Å². The Morgan fingerprint density at radius 2 is 2.40 bits per heavy atom. The molecule has 60 valence electrons. The van der Waals surface area contributed by atoms with E-state index in [9.17, 15) is 0 Å². The molecule has 0 bridgehead atoms. The minimum absolute atomic E-state index is 0.296. The molecule has 0 radical (unpaired) electrons. The van der Waals surface area contributed by atoms with E-state index in [1.165, 1.54) is 12.8 Å². The summed E-state index contributed by atoms with van der Waals surface area (Å²) in [6, 6.07) is 0.359. The number of hydrogen-bond acceptors (Lipinski definition) is 2. The number of nitrogens with one attached hydrogen (secondary N) is 1. The van der Waals surface area contributed by atoms with Crippen LogP contribution < -0.4 is 5.32 Å². The first-order valence-electron chi connectivity index (χ1n) is 4.17. The molecule has 0 aliphatic carbocycles. The molecule has 1 rings (SSSR count). The fraction of sp³-hybridized carbons (Fsp3) is 1.00. The summed E-state index contributed by atoms with van der Waals surface area (Å²) >= 11 is 0. The van der Waals surface area contributed by atoms with Gasteiger partial charge in [-0.25, -0.2) is 0 Å². The van der Waals surface area contributed by atoms with Crippen LogP contribution in [0.2, 0.25) is 0 Å². The average molecular weight is 143 g/mol. The van der Waals surface area contributed by atoms with Crippen molar-refractivity contribution in [1.29, 1.82) is 0 Å². The largest absolute Gasteiger partial charge is 0.395 e. The van der Waals surface area contributed by atoms with Crippen LogP contribution in [0.1, 0.15) is 26.2 Å². The molecule has 1 aliphatic heterocycles. The molecular formula is C8H17NO. The standard InChI is InChI=1S/C8H17NO/c1-7-3-2-4-9-8(5-7)6-10/h7-10H,2-6H2,1H3. The van der Waals surface area contributed by atoms with Gasteiger partial charge in [0.25, 0.3) is 0 Å². The van der Waals surface area contributed by atoms with Crippen LogP contribution >= 0.6 is 0 Å². The Kier molecular flexibility index (Phi) is 3.16. The lowest BCUT2D eigenvalue weighted by atomic mass is 10.00. The molecular weight excluding hydrogens is 126 g/mol. The summed E-state index contributed by atoms with van der Waals surface area (Å²) < 4.78 is 0. The molecule has 2 heteroatoms. The van der Waals surface area contributed by atoms with Crippen LogP contribution in [0, 0.1) is 5.92 Å². The first-order chi connectivity index (χ1) is 4.83. The van der Waals surface area contributed by atoms with Gasteiger partial charge in [0, 0.05) is 6.04 Å². The smallest absolute Gasteiger partial charge is 0.0584 e. The van der Waals surface area contributed by atoms with E-state index in [0.717, 1.165) is 18.9 Å². The van der Waals surface area contributed by atoms with Crippen molar-refractivity contribution < 1.29 is 5.11 Å². The van der Waals surface area contributed by atoms with Crippen molar-refractivity contribution in [1.82, 2.24) is 5.32 Å².